The molecule has 1 aliphatic carbocycles. The molecule has 4 heteroatoms. The molecule has 0 amide bonds. The summed E-state index contributed by atoms with van der Waals surface area (Å²) in [5, 5.41) is 6.44. The number of nitrogens with zero attached hydrogens (tertiary/aromatic N) is 1. The van der Waals surface area contributed by atoms with E-state index in [2.05, 4.69) is 100 Å². The molecule has 36 heavy (non-hydrogen) atoms. The van der Waals surface area contributed by atoms with E-state index in [9.17, 15) is 0 Å². The number of aromatic amines is 1. The Morgan fingerprint density at radius 1 is 0.889 bits per heavy atom. The Balaban J connectivity index is 1.40. The van der Waals surface area contributed by atoms with Crippen LogP contribution in [0.4, 0.5) is 0 Å². The van der Waals surface area contributed by atoms with E-state index < -0.39 is 0 Å². The maximum absolute atomic E-state index is 4.95. The molecular formula is C32H35N3S. The van der Waals surface area contributed by atoms with E-state index >= 15 is 0 Å². The fraction of sp³-hybridized carbons (Fsp3) is 0.344. The molecule has 3 aromatic carbocycles. The highest BCUT2D eigenvalue weighted by molar-refractivity contribution is 7.26. The van der Waals surface area contributed by atoms with Gasteiger partial charge < -0.3 is 10.3 Å². The largest absolute Gasteiger partial charge is 0.382 e. The molecule has 5 aromatic rings. The first kappa shape index (κ1) is 23.3. The molecule has 0 aliphatic heterocycles. The summed E-state index contributed by atoms with van der Waals surface area (Å²) in [5.74, 6) is 2.05. The lowest BCUT2D eigenvalue weighted by atomic mass is 9.87. The molecule has 0 spiro atoms. The molecule has 0 radical (unpaired) electrons. The third-order valence-electron chi connectivity index (χ3n) is 7.93. The standard InChI is InChI=1S/C32H35N3S/c1-17(2)20(6)33-29-19(5)7-8-23-15-21(9-11-24(23)29)22-10-12-25-26-13-14-27-30(31(26)36-28(25)16-22)35-32(34-27)18(3)4/h9-18,20,33H,7-8H2,1-6H3,(H,34,35). The average molecular weight is 494 g/mol. The Labute approximate surface area is 217 Å². The Hall–Kier alpha value is -3.11. The molecule has 0 fully saturated rings. The van der Waals surface area contributed by atoms with E-state index in [1.54, 1.807) is 0 Å². The predicted octanol–water partition coefficient (Wildman–Crippen LogP) is 9.03. The molecule has 3 nitrogen and oxygen atoms in total. The summed E-state index contributed by atoms with van der Waals surface area (Å²) in [5.41, 5.74) is 10.5. The second-order valence-electron chi connectivity index (χ2n) is 11.1. The monoisotopic (exact) mass is 493 g/mol. The topological polar surface area (TPSA) is 40.7 Å². The Bertz CT molecular complexity index is 1650. The summed E-state index contributed by atoms with van der Waals surface area (Å²) >= 11 is 1.86. The van der Waals surface area contributed by atoms with Crippen molar-refractivity contribution >= 4 is 48.2 Å². The fourth-order valence-electron chi connectivity index (χ4n) is 5.27. The van der Waals surface area contributed by atoms with Gasteiger partial charge in [-0.1, -0.05) is 64.1 Å². The van der Waals surface area contributed by atoms with Crippen LogP contribution in [0.15, 0.2) is 54.1 Å². The Morgan fingerprint density at radius 2 is 1.64 bits per heavy atom. The van der Waals surface area contributed by atoms with Gasteiger partial charge in [0.15, 0.2) is 0 Å². The predicted molar refractivity (Wildman–Crippen MR) is 157 cm³/mol. The lowest BCUT2D eigenvalue weighted by Gasteiger charge is -2.28. The third kappa shape index (κ3) is 3.83. The first-order valence-electron chi connectivity index (χ1n) is 13.2. The maximum Gasteiger partial charge on any atom is 0.109 e. The molecule has 184 valence electrons. The highest BCUT2D eigenvalue weighted by atomic mass is 32.1. The van der Waals surface area contributed by atoms with Crippen molar-refractivity contribution in [3.05, 3.63) is 71.1 Å². The maximum atomic E-state index is 4.95. The minimum absolute atomic E-state index is 0.389. The Morgan fingerprint density at radius 3 is 2.42 bits per heavy atom. The van der Waals surface area contributed by atoms with Crippen LogP contribution in [0.2, 0.25) is 0 Å². The van der Waals surface area contributed by atoms with Gasteiger partial charge in [-0.25, -0.2) is 4.98 Å². The normalized spacial score (nSPS) is 15.0. The van der Waals surface area contributed by atoms with Crippen molar-refractivity contribution in [2.75, 3.05) is 0 Å². The average Bonchev–Trinajstić information content (AvgIpc) is 3.46. The zero-order valence-electron chi connectivity index (χ0n) is 22.1. The van der Waals surface area contributed by atoms with Crippen molar-refractivity contribution in [3.63, 3.8) is 0 Å². The zero-order valence-corrected chi connectivity index (χ0v) is 22.9. The molecule has 1 aliphatic rings. The highest BCUT2D eigenvalue weighted by Gasteiger charge is 2.20. The summed E-state index contributed by atoms with van der Waals surface area (Å²) in [6, 6.07) is 18.9. The summed E-state index contributed by atoms with van der Waals surface area (Å²) in [4.78, 5) is 8.46. The molecule has 2 aromatic heterocycles. The molecule has 0 saturated carbocycles. The molecule has 2 N–H and O–H groups in total. The van der Waals surface area contributed by atoms with E-state index in [1.807, 2.05) is 11.3 Å². The van der Waals surface area contributed by atoms with E-state index in [1.165, 1.54) is 53.7 Å². The molecule has 0 bridgehead atoms. The van der Waals surface area contributed by atoms with Gasteiger partial charge in [-0.05, 0) is 67.0 Å². The summed E-state index contributed by atoms with van der Waals surface area (Å²) in [6.07, 6.45) is 2.23. The van der Waals surface area contributed by atoms with Crippen molar-refractivity contribution < 1.29 is 0 Å². The number of nitrogens with one attached hydrogen (secondary N) is 2. The van der Waals surface area contributed by atoms with Gasteiger partial charge in [0.05, 0.1) is 10.2 Å². The summed E-state index contributed by atoms with van der Waals surface area (Å²) in [7, 11) is 0. The number of fused-ring (bicyclic) bond motifs is 6. The number of H-pyrrole nitrogens is 1. The van der Waals surface area contributed by atoms with Gasteiger partial charge in [-0.15, -0.1) is 11.3 Å². The lowest BCUT2D eigenvalue weighted by molar-refractivity contribution is 0.478. The quantitative estimate of drug-likeness (QED) is 0.256. The van der Waals surface area contributed by atoms with Crippen molar-refractivity contribution in [1.82, 2.24) is 15.3 Å². The molecule has 0 saturated heterocycles. The van der Waals surface area contributed by atoms with Crippen LogP contribution in [0.3, 0.4) is 0 Å². The minimum Gasteiger partial charge on any atom is -0.382 e. The number of aryl methyl sites for hydroxylation is 1. The fourth-order valence-corrected chi connectivity index (χ4v) is 6.51. The van der Waals surface area contributed by atoms with Gasteiger partial charge in [0, 0.05) is 38.7 Å². The number of imidazole rings is 1. The van der Waals surface area contributed by atoms with Crippen LogP contribution in [0, 0.1) is 5.92 Å². The number of aromatic nitrogens is 2. The second-order valence-corrected chi connectivity index (χ2v) is 12.2. The number of benzene rings is 3. The van der Waals surface area contributed by atoms with Crippen LogP contribution in [0.25, 0.3) is 48.0 Å². The smallest absolute Gasteiger partial charge is 0.109 e. The summed E-state index contributed by atoms with van der Waals surface area (Å²) in [6.45, 7) is 13.5. The molecule has 1 atom stereocenters. The van der Waals surface area contributed by atoms with E-state index in [4.69, 9.17) is 4.98 Å². The van der Waals surface area contributed by atoms with Gasteiger partial charge >= 0.3 is 0 Å². The third-order valence-corrected chi connectivity index (χ3v) is 9.11. The van der Waals surface area contributed by atoms with Gasteiger partial charge in [0.2, 0.25) is 0 Å². The van der Waals surface area contributed by atoms with Crippen molar-refractivity contribution in [3.8, 4) is 11.1 Å². The minimum atomic E-state index is 0.389. The number of allylic oxidation sites excluding steroid dienone is 1. The van der Waals surface area contributed by atoms with Gasteiger partial charge in [0.1, 0.15) is 11.3 Å². The van der Waals surface area contributed by atoms with E-state index in [0.29, 0.717) is 17.9 Å². The number of hydrogen-bond donors (Lipinski definition) is 2. The molecule has 6 rings (SSSR count). The molecule has 1 unspecified atom stereocenters. The number of hydrogen-bond acceptors (Lipinski definition) is 3. The van der Waals surface area contributed by atoms with Crippen LogP contribution in [-0.2, 0) is 6.42 Å². The summed E-state index contributed by atoms with van der Waals surface area (Å²) < 4.78 is 2.61. The van der Waals surface area contributed by atoms with Gasteiger partial charge in [-0.2, -0.15) is 0 Å². The van der Waals surface area contributed by atoms with Crippen molar-refractivity contribution in [2.45, 2.75) is 66.3 Å². The second kappa shape index (κ2) is 8.77. The SMILES string of the molecule is CC1=C(NC(C)C(C)C)c2ccc(-c3ccc4c(c3)sc3c4ccc4[nH]c(C(C)C)nc43)cc2CC1. The van der Waals surface area contributed by atoms with Crippen LogP contribution in [-0.4, -0.2) is 16.0 Å². The van der Waals surface area contributed by atoms with Crippen molar-refractivity contribution in [2.24, 2.45) is 5.92 Å². The van der Waals surface area contributed by atoms with Gasteiger partial charge in [0.25, 0.3) is 0 Å². The van der Waals surface area contributed by atoms with E-state index in [-0.39, 0.29) is 0 Å². The van der Waals surface area contributed by atoms with Crippen molar-refractivity contribution in [1.29, 1.82) is 0 Å². The first-order chi connectivity index (χ1) is 17.3. The Kier molecular flexibility index (Phi) is 5.68. The lowest BCUT2D eigenvalue weighted by Crippen LogP contribution is -2.31. The first-order valence-corrected chi connectivity index (χ1v) is 14.1. The van der Waals surface area contributed by atoms with Crippen LogP contribution in [0.1, 0.15) is 70.8 Å². The number of rotatable bonds is 5. The number of thiophene rings is 1. The van der Waals surface area contributed by atoms with Crippen LogP contribution in [0.5, 0.6) is 0 Å². The van der Waals surface area contributed by atoms with Crippen LogP contribution >= 0.6 is 11.3 Å². The molecular weight excluding hydrogens is 458 g/mol. The van der Waals surface area contributed by atoms with Crippen LogP contribution < -0.4 is 5.32 Å². The van der Waals surface area contributed by atoms with Gasteiger partial charge in [-0.3, -0.25) is 0 Å². The van der Waals surface area contributed by atoms with E-state index in [0.717, 1.165) is 29.7 Å². The molecule has 2 heterocycles. The zero-order chi connectivity index (χ0) is 25.1. The highest BCUT2D eigenvalue weighted by Crippen LogP contribution is 2.40.